The lowest BCUT2D eigenvalue weighted by Crippen LogP contribution is -2.09. The summed E-state index contributed by atoms with van der Waals surface area (Å²) in [7, 11) is 1.63. The molecule has 1 N–H and O–H groups in total. The normalized spacial score (nSPS) is 10.6. The van der Waals surface area contributed by atoms with Gasteiger partial charge in [0.2, 0.25) is 0 Å². The fourth-order valence-corrected chi connectivity index (χ4v) is 2.24. The highest BCUT2D eigenvalue weighted by molar-refractivity contribution is 6.01. The highest BCUT2D eigenvalue weighted by Crippen LogP contribution is 2.16. The topological polar surface area (TPSA) is 64.2 Å². The fourth-order valence-electron chi connectivity index (χ4n) is 2.24. The van der Waals surface area contributed by atoms with Crippen LogP contribution < -0.4 is 4.74 Å². The SMILES string of the molecule is COc1ccc(CCOC(=O)c2n[nH]c3ccccc23)cc1. The molecule has 3 aromatic rings. The number of hydrogen-bond acceptors (Lipinski definition) is 4. The van der Waals surface area contributed by atoms with Gasteiger partial charge < -0.3 is 9.47 Å². The summed E-state index contributed by atoms with van der Waals surface area (Å²) in [6, 6.07) is 15.2. The number of H-pyrrole nitrogens is 1. The standard InChI is InChI=1S/C17H16N2O3/c1-21-13-8-6-12(7-9-13)10-11-22-17(20)16-14-4-2-3-5-15(14)18-19-16/h2-9H,10-11H2,1H3,(H,18,19). The Kier molecular flexibility index (Phi) is 4.05. The maximum atomic E-state index is 12.1. The van der Waals surface area contributed by atoms with Crippen molar-refractivity contribution in [2.75, 3.05) is 13.7 Å². The van der Waals surface area contributed by atoms with Gasteiger partial charge in [-0.05, 0) is 23.8 Å². The number of nitrogens with one attached hydrogen (secondary N) is 1. The van der Waals surface area contributed by atoms with Crippen LogP contribution in [0, 0.1) is 0 Å². The van der Waals surface area contributed by atoms with Crippen LogP contribution in [-0.4, -0.2) is 29.9 Å². The van der Waals surface area contributed by atoms with Crippen molar-refractivity contribution in [2.24, 2.45) is 0 Å². The van der Waals surface area contributed by atoms with Gasteiger partial charge in [0.15, 0.2) is 5.69 Å². The molecule has 0 aliphatic rings. The minimum Gasteiger partial charge on any atom is -0.497 e. The molecule has 5 heteroatoms. The molecule has 0 aliphatic heterocycles. The Balaban J connectivity index is 1.60. The second-order valence-corrected chi connectivity index (χ2v) is 4.85. The van der Waals surface area contributed by atoms with E-state index in [9.17, 15) is 4.79 Å². The van der Waals surface area contributed by atoms with E-state index in [4.69, 9.17) is 9.47 Å². The molecule has 0 aliphatic carbocycles. The van der Waals surface area contributed by atoms with E-state index in [1.54, 1.807) is 7.11 Å². The van der Waals surface area contributed by atoms with Crippen LogP contribution >= 0.6 is 0 Å². The van der Waals surface area contributed by atoms with Crippen LogP contribution in [-0.2, 0) is 11.2 Å². The minimum atomic E-state index is -0.411. The number of benzene rings is 2. The zero-order chi connectivity index (χ0) is 15.4. The number of aromatic amines is 1. The van der Waals surface area contributed by atoms with Crippen LogP contribution in [0.2, 0.25) is 0 Å². The molecule has 0 saturated heterocycles. The van der Waals surface area contributed by atoms with Gasteiger partial charge in [0.25, 0.3) is 0 Å². The number of nitrogens with zero attached hydrogens (tertiary/aromatic N) is 1. The Morgan fingerprint density at radius 2 is 1.91 bits per heavy atom. The molecule has 5 nitrogen and oxygen atoms in total. The predicted octanol–water partition coefficient (Wildman–Crippen LogP) is 2.97. The Hall–Kier alpha value is -2.82. The quantitative estimate of drug-likeness (QED) is 0.735. The van der Waals surface area contributed by atoms with Gasteiger partial charge in [0, 0.05) is 11.8 Å². The molecular formula is C17H16N2O3. The molecule has 2 aromatic carbocycles. The number of esters is 1. The third kappa shape index (κ3) is 2.93. The smallest absolute Gasteiger partial charge is 0.359 e. The summed E-state index contributed by atoms with van der Waals surface area (Å²) in [5.41, 5.74) is 2.23. The molecule has 0 spiro atoms. The molecule has 0 unspecified atom stereocenters. The molecule has 0 radical (unpaired) electrons. The number of para-hydroxylation sites is 1. The fraction of sp³-hybridized carbons (Fsp3) is 0.176. The van der Waals surface area contributed by atoms with Crippen LogP contribution in [0.4, 0.5) is 0 Å². The van der Waals surface area contributed by atoms with Crippen molar-refractivity contribution >= 4 is 16.9 Å². The van der Waals surface area contributed by atoms with Crippen molar-refractivity contribution < 1.29 is 14.3 Å². The number of aromatic nitrogens is 2. The molecule has 3 rings (SSSR count). The number of fused-ring (bicyclic) bond motifs is 1. The third-order valence-electron chi connectivity index (χ3n) is 3.45. The van der Waals surface area contributed by atoms with Crippen molar-refractivity contribution in [1.82, 2.24) is 10.2 Å². The van der Waals surface area contributed by atoms with Crippen molar-refractivity contribution in [2.45, 2.75) is 6.42 Å². The molecule has 22 heavy (non-hydrogen) atoms. The van der Waals surface area contributed by atoms with Gasteiger partial charge in [-0.1, -0.05) is 30.3 Å². The van der Waals surface area contributed by atoms with Gasteiger partial charge in [-0.2, -0.15) is 5.10 Å². The largest absolute Gasteiger partial charge is 0.497 e. The van der Waals surface area contributed by atoms with E-state index in [0.717, 1.165) is 22.2 Å². The maximum Gasteiger partial charge on any atom is 0.359 e. The first kappa shape index (κ1) is 14.1. The van der Waals surface area contributed by atoms with Gasteiger partial charge >= 0.3 is 5.97 Å². The van der Waals surface area contributed by atoms with E-state index in [1.165, 1.54) is 0 Å². The summed E-state index contributed by atoms with van der Waals surface area (Å²) < 4.78 is 10.4. The number of carbonyl (C=O) groups excluding carboxylic acids is 1. The lowest BCUT2D eigenvalue weighted by Gasteiger charge is -2.05. The number of methoxy groups -OCH3 is 1. The van der Waals surface area contributed by atoms with E-state index >= 15 is 0 Å². The molecule has 0 atom stereocenters. The molecular weight excluding hydrogens is 280 g/mol. The van der Waals surface area contributed by atoms with E-state index in [-0.39, 0.29) is 0 Å². The van der Waals surface area contributed by atoms with Gasteiger partial charge in [-0.15, -0.1) is 0 Å². The van der Waals surface area contributed by atoms with Gasteiger partial charge in [0.05, 0.1) is 19.2 Å². The number of ether oxygens (including phenoxy) is 2. The number of hydrogen-bond donors (Lipinski definition) is 1. The average molecular weight is 296 g/mol. The zero-order valence-corrected chi connectivity index (χ0v) is 12.2. The number of carbonyl (C=O) groups is 1. The van der Waals surface area contributed by atoms with E-state index < -0.39 is 5.97 Å². The summed E-state index contributed by atoms with van der Waals surface area (Å²) in [6.45, 7) is 0.312. The van der Waals surface area contributed by atoms with Gasteiger partial charge in [-0.25, -0.2) is 4.79 Å². The first-order valence-electron chi connectivity index (χ1n) is 7.01. The zero-order valence-electron chi connectivity index (χ0n) is 12.2. The maximum absolute atomic E-state index is 12.1. The predicted molar refractivity (Wildman–Crippen MR) is 83.1 cm³/mol. The first-order valence-corrected chi connectivity index (χ1v) is 7.01. The Morgan fingerprint density at radius 1 is 1.14 bits per heavy atom. The van der Waals surface area contributed by atoms with Gasteiger partial charge in [0.1, 0.15) is 5.75 Å². The lowest BCUT2D eigenvalue weighted by molar-refractivity contribution is 0.0504. The van der Waals surface area contributed by atoms with Crippen molar-refractivity contribution in [1.29, 1.82) is 0 Å². The average Bonchev–Trinajstić information content (AvgIpc) is 2.99. The summed E-state index contributed by atoms with van der Waals surface area (Å²) in [4.78, 5) is 12.1. The second kappa shape index (κ2) is 6.30. The summed E-state index contributed by atoms with van der Waals surface area (Å²) in [6.07, 6.45) is 0.651. The van der Waals surface area contributed by atoms with Crippen molar-refractivity contribution in [3.63, 3.8) is 0 Å². The van der Waals surface area contributed by atoms with Crippen molar-refractivity contribution in [3.05, 3.63) is 59.8 Å². The van der Waals surface area contributed by atoms with E-state index in [2.05, 4.69) is 10.2 Å². The third-order valence-corrected chi connectivity index (χ3v) is 3.45. The highest BCUT2D eigenvalue weighted by Gasteiger charge is 2.14. The molecule has 0 bridgehead atoms. The summed E-state index contributed by atoms with van der Waals surface area (Å²) in [5.74, 6) is 0.398. The van der Waals surface area contributed by atoms with Crippen LogP contribution in [0.5, 0.6) is 5.75 Å². The molecule has 0 amide bonds. The minimum absolute atomic E-state index is 0.312. The second-order valence-electron chi connectivity index (χ2n) is 4.85. The molecule has 1 aromatic heterocycles. The summed E-state index contributed by atoms with van der Waals surface area (Å²) in [5, 5.41) is 7.63. The lowest BCUT2D eigenvalue weighted by atomic mass is 10.1. The first-order chi connectivity index (χ1) is 10.8. The van der Waals surface area contributed by atoms with Crippen LogP contribution in [0.15, 0.2) is 48.5 Å². The number of rotatable bonds is 5. The highest BCUT2D eigenvalue weighted by atomic mass is 16.5. The van der Waals surface area contributed by atoms with Gasteiger partial charge in [-0.3, -0.25) is 5.10 Å². The van der Waals surface area contributed by atoms with Crippen LogP contribution in [0.1, 0.15) is 16.1 Å². The molecule has 1 heterocycles. The van der Waals surface area contributed by atoms with Crippen molar-refractivity contribution in [3.8, 4) is 5.75 Å². The molecule has 0 saturated carbocycles. The summed E-state index contributed by atoms with van der Waals surface area (Å²) >= 11 is 0. The van der Waals surface area contributed by atoms with E-state index in [0.29, 0.717) is 18.7 Å². The monoisotopic (exact) mass is 296 g/mol. The molecule has 0 fully saturated rings. The molecule has 112 valence electrons. The Bertz CT molecular complexity index is 778. The van der Waals surface area contributed by atoms with E-state index in [1.807, 2.05) is 48.5 Å². The Labute approximate surface area is 127 Å². The Morgan fingerprint density at radius 3 is 2.68 bits per heavy atom. The van der Waals surface area contributed by atoms with Crippen LogP contribution in [0.25, 0.3) is 10.9 Å². The van der Waals surface area contributed by atoms with Crippen LogP contribution in [0.3, 0.4) is 0 Å².